The van der Waals surface area contributed by atoms with Gasteiger partial charge in [0.25, 0.3) is 11.8 Å². The minimum absolute atomic E-state index is 0.0205. The van der Waals surface area contributed by atoms with E-state index in [-0.39, 0.29) is 36.5 Å². The predicted molar refractivity (Wildman–Crippen MR) is 161 cm³/mol. The topological polar surface area (TPSA) is 115 Å². The van der Waals surface area contributed by atoms with Crippen molar-refractivity contribution in [2.75, 3.05) is 13.6 Å². The second kappa shape index (κ2) is 14.5. The van der Waals surface area contributed by atoms with Crippen LogP contribution in [0.25, 0.3) is 0 Å². The molecule has 232 valence electrons. The van der Waals surface area contributed by atoms with E-state index in [4.69, 9.17) is 0 Å². The Morgan fingerprint density at radius 3 is 2.41 bits per heavy atom. The average molecular weight is 627 g/mol. The first-order valence-corrected chi connectivity index (χ1v) is 14.7. The van der Waals surface area contributed by atoms with Crippen molar-refractivity contribution in [3.63, 3.8) is 0 Å². The number of para-hydroxylation sites is 1. The van der Waals surface area contributed by atoms with Crippen molar-refractivity contribution < 1.29 is 33.0 Å². The normalized spacial score (nSPS) is 12.9. The van der Waals surface area contributed by atoms with Crippen molar-refractivity contribution in [3.05, 3.63) is 117 Å². The lowest BCUT2D eigenvalue weighted by Gasteiger charge is -2.25. The number of hydrogen-bond donors (Lipinski definition) is 4. The Balaban J connectivity index is 1.44. The van der Waals surface area contributed by atoms with E-state index in [9.17, 15) is 33.0 Å². The standard InChI is InChI=1S/C32H33F3N4O4S/c1-20-19-44-28(37-20)18-39(2)31(43)23-11-6-10-22(15-23)30(42)38-26(14-21-8-4-3-5-9-21)27(40)17-36-16-24-12-7-13-25(29(24)41)32(33,34)35/h3-13,15,19,26-27,36,40-41H,14,16-18H2,1-2H3,(H,38,42)/t26-,27+/m0/s1. The number of carbonyl (C=O) groups excluding carboxylic acids is 2. The first-order valence-electron chi connectivity index (χ1n) is 13.8. The summed E-state index contributed by atoms with van der Waals surface area (Å²) in [6.45, 7) is 1.97. The summed E-state index contributed by atoms with van der Waals surface area (Å²) in [7, 11) is 1.66. The Kier molecular flexibility index (Phi) is 10.7. The van der Waals surface area contributed by atoms with Crippen LogP contribution in [0, 0.1) is 6.92 Å². The largest absolute Gasteiger partial charge is 0.507 e. The van der Waals surface area contributed by atoms with Gasteiger partial charge in [-0.1, -0.05) is 48.5 Å². The van der Waals surface area contributed by atoms with Gasteiger partial charge in [0, 0.05) is 47.9 Å². The number of benzene rings is 3. The number of halogens is 3. The molecule has 0 aliphatic rings. The van der Waals surface area contributed by atoms with Crippen LogP contribution in [0.5, 0.6) is 5.75 Å². The van der Waals surface area contributed by atoms with Crippen molar-refractivity contribution in [3.8, 4) is 5.75 Å². The Bertz CT molecular complexity index is 1580. The summed E-state index contributed by atoms with van der Waals surface area (Å²) in [6.07, 6.45) is -5.59. The second-order valence-electron chi connectivity index (χ2n) is 10.4. The predicted octanol–water partition coefficient (Wildman–Crippen LogP) is 4.94. The van der Waals surface area contributed by atoms with Crippen molar-refractivity contribution in [2.45, 2.75) is 44.8 Å². The zero-order valence-corrected chi connectivity index (χ0v) is 25.0. The molecule has 4 rings (SSSR count). The molecule has 0 aliphatic carbocycles. The van der Waals surface area contributed by atoms with Gasteiger partial charge in [0.1, 0.15) is 10.8 Å². The van der Waals surface area contributed by atoms with Crippen molar-refractivity contribution >= 4 is 23.2 Å². The Morgan fingerprint density at radius 1 is 1.02 bits per heavy atom. The fourth-order valence-electron chi connectivity index (χ4n) is 4.63. The van der Waals surface area contributed by atoms with E-state index in [0.29, 0.717) is 12.1 Å². The second-order valence-corrected chi connectivity index (χ2v) is 11.3. The molecule has 3 aromatic carbocycles. The fraction of sp³-hybridized carbons (Fsp3) is 0.281. The number of aryl methyl sites for hydroxylation is 1. The molecule has 4 N–H and O–H groups in total. The Labute approximate surface area is 257 Å². The quantitative estimate of drug-likeness (QED) is 0.177. The lowest BCUT2D eigenvalue weighted by molar-refractivity contribution is -0.138. The van der Waals surface area contributed by atoms with Gasteiger partial charge in [-0.2, -0.15) is 13.2 Å². The molecule has 2 amide bonds. The summed E-state index contributed by atoms with van der Waals surface area (Å²) < 4.78 is 39.5. The molecule has 4 aromatic rings. The monoisotopic (exact) mass is 626 g/mol. The van der Waals surface area contributed by atoms with Crippen molar-refractivity contribution in [1.82, 2.24) is 20.5 Å². The number of nitrogens with zero attached hydrogens (tertiary/aromatic N) is 2. The highest BCUT2D eigenvalue weighted by Gasteiger charge is 2.34. The van der Waals surface area contributed by atoms with Gasteiger partial charge in [-0.3, -0.25) is 9.59 Å². The summed E-state index contributed by atoms with van der Waals surface area (Å²) in [5.74, 6) is -1.67. The van der Waals surface area contributed by atoms with Gasteiger partial charge < -0.3 is 25.7 Å². The van der Waals surface area contributed by atoms with Crippen LogP contribution in [0.3, 0.4) is 0 Å². The van der Waals surface area contributed by atoms with Gasteiger partial charge in [0.05, 0.1) is 24.3 Å². The number of carbonyl (C=O) groups is 2. The summed E-state index contributed by atoms with van der Waals surface area (Å²) in [6, 6.07) is 18.0. The third kappa shape index (κ3) is 8.65. The maximum Gasteiger partial charge on any atom is 0.419 e. The van der Waals surface area contributed by atoms with Gasteiger partial charge >= 0.3 is 6.18 Å². The third-order valence-corrected chi connectivity index (χ3v) is 7.88. The van der Waals surface area contributed by atoms with Crippen molar-refractivity contribution in [2.24, 2.45) is 0 Å². The molecule has 0 saturated heterocycles. The van der Waals surface area contributed by atoms with Gasteiger partial charge in [0.2, 0.25) is 0 Å². The van der Waals surface area contributed by atoms with Gasteiger partial charge in [-0.05, 0) is 43.2 Å². The summed E-state index contributed by atoms with van der Waals surface area (Å²) in [5, 5.41) is 29.6. The molecule has 0 aliphatic heterocycles. The number of phenols is 1. The van der Waals surface area contributed by atoms with Crippen LogP contribution in [0.2, 0.25) is 0 Å². The number of phenolic OH excluding ortho intramolecular Hbond substituents is 1. The number of aliphatic hydroxyl groups excluding tert-OH is 1. The van der Waals surface area contributed by atoms with E-state index < -0.39 is 35.5 Å². The smallest absolute Gasteiger partial charge is 0.419 e. The van der Waals surface area contributed by atoms with Gasteiger partial charge in [0.15, 0.2) is 0 Å². The molecule has 0 fully saturated rings. The Morgan fingerprint density at radius 2 is 1.73 bits per heavy atom. The molecular formula is C32H33F3N4O4S. The number of rotatable bonds is 12. The minimum atomic E-state index is -4.71. The highest BCUT2D eigenvalue weighted by atomic mass is 32.1. The summed E-state index contributed by atoms with van der Waals surface area (Å²) in [4.78, 5) is 32.3. The molecule has 0 radical (unpaired) electrons. The van der Waals surface area contributed by atoms with Crippen molar-refractivity contribution in [1.29, 1.82) is 0 Å². The first kappa shape index (κ1) is 32.6. The number of hydrogen-bond acceptors (Lipinski definition) is 7. The van der Waals surface area contributed by atoms with Crippen LogP contribution < -0.4 is 10.6 Å². The fourth-order valence-corrected chi connectivity index (χ4v) is 5.45. The highest BCUT2D eigenvalue weighted by Crippen LogP contribution is 2.37. The molecule has 0 unspecified atom stereocenters. The zero-order valence-electron chi connectivity index (χ0n) is 24.1. The third-order valence-electron chi connectivity index (χ3n) is 6.93. The van der Waals surface area contributed by atoms with Crippen LogP contribution in [0.15, 0.2) is 78.2 Å². The number of alkyl halides is 3. The summed E-state index contributed by atoms with van der Waals surface area (Å²) >= 11 is 1.46. The number of aromatic hydroxyl groups is 1. The van der Waals surface area contributed by atoms with Crippen LogP contribution >= 0.6 is 11.3 Å². The molecule has 44 heavy (non-hydrogen) atoms. The number of thiazole rings is 1. The van der Waals surface area contributed by atoms with E-state index in [1.165, 1.54) is 34.4 Å². The molecule has 2 atom stereocenters. The molecule has 0 saturated carbocycles. The number of aromatic nitrogens is 1. The van der Waals surface area contributed by atoms with Crippen LogP contribution in [0.1, 0.15) is 48.1 Å². The molecule has 8 nitrogen and oxygen atoms in total. The Hall–Kier alpha value is -4.26. The molecule has 12 heteroatoms. The van der Waals surface area contributed by atoms with Crippen LogP contribution in [-0.4, -0.2) is 57.6 Å². The van der Waals surface area contributed by atoms with E-state index in [1.807, 2.05) is 42.6 Å². The lowest BCUT2D eigenvalue weighted by atomic mass is 10.00. The number of amides is 2. The minimum Gasteiger partial charge on any atom is -0.507 e. The maximum atomic E-state index is 13.3. The molecular weight excluding hydrogens is 593 g/mol. The first-order chi connectivity index (χ1) is 20.9. The zero-order chi connectivity index (χ0) is 31.9. The molecule has 0 spiro atoms. The lowest BCUT2D eigenvalue weighted by Crippen LogP contribution is -2.48. The summed E-state index contributed by atoms with van der Waals surface area (Å²) in [5.41, 5.74) is 1.14. The van der Waals surface area contributed by atoms with E-state index in [1.54, 1.807) is 25.2 Å². The SMILES string of the molecule is Cc1csc(CN(C)C(=O)c2cccc(C(=O)N[C@@H](Cc3ccccc3)[C@H](O)CNCc3cccc(C(F)(F)F)c3O)c2)n1. The van der Waals surface area contributed by atoms with E-state index >= 15 is 0 Å². The van der Waals surface area contributed by atoms with Gasteiger partial charge in [-0.25, -0.2) is 4.98 Å². The maximum absolute atomic E-state index is 13.3. The number of aliphatic hydroxyl groups is 1. The highest BCUT2D eigenvalue weighted by molar-refractivity contribution is 7.09. The molecule has 1 heterocycles. The van der Waals surface area contributed by atoms with Gasteiger partial charge in [-0.15, -0.1) is 11.3 Å². The molecule has 0 bridgehead atoms. The van der Waals surface area contributed by atoms with Crippen LogP contribution in [0.4, 0.5) is 13.2 Å². The van der Waals surface area contributed by atoms with E-state index in [2.05, 4.69) is 15.6 Å². The molecule has 1 aromatic heterocycles. The number of nitrogens with one attached hydrogen (secondary N) is 2. The van der Waals surface area contributed by atoms with Crippen LogP contribution in [-0.2, 0) is 25.7 Å². The average Bonchev–Trinajstić information content (AvgIpc) is 3.41. The van der Waals surface area contributed by atoms with E-state index in [0.717, 1.165) is 22.3 Å².